The van der Waals surface area contributed by atoms with E-state index in [1.165, 1.54) is 0 Å². The van der Waals surface area contributed by atoms with E-state index in [1.54, 1.807) is 36.8 Å². The summed E-state index contributed by atoms with van der Waals surface area (Å²) in [7, 11) is 0. The van der Waals surface area contributed by atoms with Gasteiger partial charge in [0.05, 0.1) is 19.1 Å². The molecule has 0 spiro atoms. The number of ether oxygens (including phenoxy) is 1. The fourth-order valence-corrected chi connectivity index (χ4v) is 1.96. The van der Waals surface area contributed by atoms with Crippen LogP contribution in [-0.2, 0) is 16.0 Å². The van der Waals surface area contributed by atoms with Crippen molar-refractivity contribution in [1.82, 2.24) is 0 Å². The number of carbonyl (C=O) groups excluding carboxylic acids is 1. The Morgan fingerprint density at radius 1 is 1.13 bits per heavy atom. The summed E-state index contributed by atoms with van der Waals surface area (Å²) in [5.74, 6) is -0.254. The summed E-state index contributed by atoms with van der Waals surface area (Å²) < 4.78 is 10.4. The number of anilines is 1. The van der Waals surface area contributed by atoms with Gasteiger partial charge in [-0.25, -0.2) is 0 Å². The minimum absolute atomic E-state index is 0.0682. The maximum Gasteiger partial charge on any atom is 0.303 e. The van der Waals surface area contributed by atoms with E-state index in [9.17, 15) is 9.59 Å². The number of hydrogen-bond donors (Lipinski definition) is 2. The Hall–Kier alpha value is -2.76. The SMILES string of the molecule is O=C(O)CCCOc1ccc(NC(=O)CCc2ccoc2)cc1. The van der Waals surface area contributed by atoms with Crippen LogP contribution in [0.3, 0.4) is 0 Å². The number of nitrogens with one attached hydrogen (secondary N) is 1. The third-order valence-corrected chi connectivity index (χ3v) is 3.16. The van der Waals surface area contributed by atoms with Crippen molar-refractivity contribution < 1.29 is 23.8 Å². The molecule has 0 aliphatic heterocycles. The van der Waals surface area contributed by atoms with Gasteiger partial charge in [-0.2, -0.15) is 0 Å². The average molecular weight is 317 g/mol. The van der Waals surface area contributed by atoms with E-state index in [1.807, 2.05) is 6.07 Å². The van der Waals surface area contributed by atoms with E-state index in [-0.39, 0.29) is 12.3 Å². The Bertz CT molecular complexity index is 619. The maximum absolute atomic E-state index is 11.8. The zero-order valence-corrected chi connectivity index (χ0v) is 12.7. The molecule has 1 heterocycles. The molecule has 0 saturated heterocycles. The van der Waals surface area contributed by atoms with Crippen molar-refractivity contribution in [3.05, 3.63) is 48.4 Å². The molecule has 23 heavy (non-hydrogen) atoms. The molecule has 6 heteroatoms. The summed E-state index contributed by atoms with van der Waals surface area (Å²) in [6.07, 6.45) is 4.78. The van der Waals surface area contributed by atoms with E-state index in [0.29, 0.717) is 37.3 Å². The smallest absolute Gasteiger partial charge is 0.303 e. The molecule has 122 valence electrons. The van der Waals surface area contributed by atoms with Crippen molar-refractivity contribution in [3.63, 3.8) is 0 Å². The van der Waals surface area contributed by atoms with Crippen molar-refractivity contribution in [2.75, 3.05) is 11.9 Å². The number of carboxylic acid groups (broad SMARTS) is 1. The number of benzene rings is 1. The van der Waals surface area contributed by atoms with Crippen LogP contribution in [0.4, 0.5) is 5.69 Å². The second kappa shape index (κ2) is 8.63. The molecule has 0 atom stereocenters. The van der Waals surface area contributed by atoms with Gasteiger partial charge in [0.25, 0.3) is 0 Å². The van der Waals surface area contributed by atoms with Gasteiger partial charge >= 0.3 is 5.97 Å². The maximum atomic E-state index is 11.8. The molecule has 0 radical (unpaired) electrons. The molecule has 2 N–H and O–H groups in total. The molecule has 1 amide bonds. The van der Waals surface area contributed by atoms with Crippen LogP contribution < -0.4 is 10.1 Å². The van der Waals surface area contributed by atoms with Crippen molar-refractivity contribution in [1.29, 1.82) is 0 Å². The van der Waals surface area contributed by atoms with Crippen LogP contribution in [0.15, 0.2) is 47.3 Å². The lowest BCUT2D eigenvalue weighted by Gasteiger charge is -2.08. The van der Waals surface area contributed by atoms with Crippen molar-refractivity contribution in [2.45, 2.75) is 25.7 Å². The standard InChI is InChI=1S/C17H19NO5/c19-16(8-3-13-9-11-22-12-13)18-14-4-6-15(7-5-14)23-10-1-2-17(20)21/h4-7,9,11-12H,1-3,8,10H2,(H,18,19)(H,20,21). The molecule has 0 bridgehead atoms. The van der Waals surface area contributed by atoms with Crippen molar-refractivity contribution in [2.24, 2.45) is 0 Å². The van der Waals surface area contributed by atoms with Gasteiger partial charge < -0.3 is 19.6 Å². The number of hydrogen-bond acceptors (Lipinski definition) is 4. The number of aryl methyl sites for hydroxylation is 1. The highest BCUT2D eigenvalue weighted by Crippen LogP contribution is 2.16. The van der Waals surface area contributed by atoms with E-state index in [4.69, 9.17) is 14.3 Å². The Balaban J connectivity index is 1.71. The van der Waals surface area contributed by atoms with Gasteiger partial charge in [0.15, 0.2) is 0 Å². The fourth-order valence-electron chi connectivity index (χ4n) is 1.96. The minimum Gasteiger partial charge on any atom is -0.494 e. The Morgan fingerprint density at radius 2 is 1.91 bits per heavy atom. The summed E-state index contributed by atoms with van der Waals surface area (Å²) in [5.41, 5.74) is 1.69. The van der Waals surface area contributed by atoms with Gasteiger partial charge in [-0.15, -0.1) is 0 Å². The second-order valence-corrected chi connectivity index (χ2v) is 5.05. The van der Waals surface area contributed by atoms with Crippen LogP contribution in [-0.4, -0.2) is 23.6 Å². The third-order valence-electron chi connectivity index (χ3n) is 3.16. The monoisotopic (exact) mass is 317 g/mol. The van der Waals surface area contributed by atoms with Crippen LogP contribution in [0.25, 0.3) is 0 Å². The van der Waals surface area contributed by atoms with Crippen LogP contribution in [0.1, 0.15) is 24.8 Å². The van der Waals surface area contributed by atoms with Gasteiger partial charge in [0.1, 0.15) is 5.75 Å². The lowest BCUT2D eigenvalue weighted by atomic mass is 10.2. The van der Waals surface area contributed by atoms with E-state index >= 15 is 0 Å². The first-order valence-electron chi connectivity index (χ1n) is 7.39. The molecule has 2 aromatic rings. The predicted octanol–water partition coefficient (Wildman–Crippen LogP) is 3.09. The number of rotatable bonds is 9. The molecular weight excluding hydrogens is 298 g/mol. The van der Waals surface area contributed by atoms with Crippen LogP contribution in [0.5, 0.6) is 5.75 Å². The molecule has 0 saturated carbocycles. The molecule has 0 fully saturated rings. The summed E-state index contributed by atoms with van der Waals surface area (Å²) in [6, 6.07) is 8.83. The lowest BCUT2D eigenvalue weighted by Crippen LogP contribution is -2.12. The van der Waals surface area contributed by atoms with Gasteiger partial charge in [0.2, 0.25) is 5.91 Å². The van der Waals surface area contributed by atoms with Gasteiger partial charge in [-0.1, -0.05) is 0 Å². The average Bonchev–Trinajstić information content (AvgIpc) is 3.04. The second-order valence-electron chi connectivity index (χ2n) is 5.05. The van der Waals surface area contributed by atoms with E-state index < -0.39 is 5.97 Å². The largest absolute Gasteiger partial charge is 0.494 e. The quantitative estimate of drug-likeness (QED) is 0.694. The lowest BCUT2D eigenvalue weighted by molar-refractivity contribution is -0.137. The van der Waals surface area contributed by atoms with Crippen LogP contribution >= 0.6 is 0 Å². The minimum atomic E-state index is -0.831. The summed E-state index contributed by atoms with van der Waals surface area (Å²) >= 11 is 0. The first-order valence-corrected chi connectivity index (χ1v) is 7.39. The first kappa shape index (κ1) is 16.6. The molecule has 6 nitrogen and oxygen atoms in total. The topological polar surface area (TPSA) is 88.8 Å². The Kier molecular flexibility index (Phi) is 6.23. The molecule has 2 rings (SSSR count). The third kappa shape index (κ3) is 6.25. The zero-order chi connectivity index (χ0) is 16.5. The highest BCUT2D eigenvalue weighted by Gasteiger charge is 2.04. The highest BCUT2D eigenvalue weighted by atomic mass is 16.5. The van der Waals surface area contributed by atoms with Gasteiger partial charge in [-0.3, -0.25) is 9.59 Å². The van der Waals surface area contributed by atoms with E-state index in [0.717, 1.165) is 5.56 Å². The van der Waals surface area contributed by atoms with Gasteiger partial charge in [-0.05, 0) is 48.7 Å². The molecule has 0 aliphatic rings. The first-order chi connectivity index (χ1) is 11.1. The predicted molar refractivity (Wildman–Crippen MR) is 84.5 cm³/mol. The summed E-state index contributed by atoms with van der Waals surface area (Å²) in [4.78, 5) is 22.2. The fraction of sp³-hybridized carbons (Fsp3) is 0.294. The highest BCUT2D eigenvalue weighted by molar-refractivity contribution is 5.90. The number of amides is 1. The van der Waals surface area contributed by atoms with Crippen LogP contribution in [0.2, 0.25) is 0 Å². The number of aliphatic carboxylic acids is 1. The van der Waals surface area contributed by atoms with Crippen molar-refractivity contribution in [3.8, 4) is 5.75 Å². The van der Waals surface area contributed by atoms with Gasteiger partial charge in [0, 0.05) is 18.5 Å². The molecule has 1 aromatic carbocycles. The molecule has 1 aromatic heterocycles. The number of furan rings is 1. The van der Waals surface area contributed by atoms with Crippen molar-refractivity contribution >= 4 is 17.6 Å². The molecule has 0 unspecified atom stereocenters. The zero-order valence-electron chi connectivity index (χ0n) is 12.7. The Labute approximate surface area is 134 Å². The summed E-state index contributed by atoms with van der Waals surface area (Å²) in [6.45, 7) is 0.350. The Morgan fingerprint density at radius 3 is 2.57 bits per heavy atom. The molecular formula is C17H19NO5. The normalized spacial score (nSPS) is 10.3. The number of carbonyl (C=O) groups is 2. The molecule has 0 aliphatic carbocycles. The summed E-state index contributed by atoms with van der Waals surface area (Å²) in [5, 5.41) is 11.3. The van der Waals surface area contributed by atoms with Crippen LogP contribution in [0, 0.1) is 0 Å². The number of carboxylic acids is 1. The van der Waals surface area contributed by atoms with E-state index in [2.05, 4.69) is 5.32 Å².